The maximum atomic E-state index is 9.71. The summed E-state index contributed by atoms with van der Waals surface area (Å²) in [5.74, 6) is 0.964. The fourth-order valence-electron chi connectivity index (χ4n) is 2.96. The fourth-order valence-corrected chi connectivity index (χ4v) is 2.96. The lowest BCUT2D eigenvalue weighted by atomic mass is 10.2. The number of nitrogens with zero attached hydrogens (tertiary/aromatic N) is 4. The van der Waals surface area contributed by atoms with Crippen molar-refractivity contribution in [2.24, 2.45) is 0 Å². The van der Waals surface area contributed by atoms with Gasteiger partial charge < -0.3 is 10.0 Å². The van der Waals surface area contributed by atoms with Crippen LogP contribution in [0.1, 0.15) is 30.7 Å². The standard InChI is InChI=1S/C18H24N4O/c1-15(23)17-6-2-7-18(20-17)22-10-4-9-21(11-12-22)14-16-5-3-8-19-13-16/h2-3,5-8,13,15,23H,4,9-12,14H2,1H3/t15-/m1/s1. The summed E-state index contributed by atoms with van der Waals surface area (Å²) < 4.78 is 0. The predicted octanol–water partition coefficient (Wildman–Crippen LogP) is 2.24. The molecule has 0 spiro atoms. The first-order valence-electron chi connectivity index (χ1n) is 8.23. The van der Waals surface area contributed by atoms with E-state index in [0.717, 1.165) is 50.7 Å². The Morgan fingerprint density at radius 1 is 1.13 bits per heavy atom. The Morgan fingerprint density at radius 2 is 2.04 bits per heavy atom. The number of aliphatic hydroxyl groups excluding tert-OH is 1. The molecular weight excluding hydrogens is 288 g/mol. The van der Waals surface area contributed by atoms with E-state index in [9.17, 15) is 5.11 Å². The quantitative estimate of drug-likeness (QED) is 0.938. The molecule has 3 rings (SSSR count). The zero-order valence-electron chi connectivity index (χ0n) is 13.6. The first-order chi connectivity index (χ1) is 11.2. The van der Waals surface area contributed by atoms with Crippen LogP contribution in [0.2, 0.25) is 0 Å². The van der Waals surface area contributed by atoms with Crippen molar-refractivity contribution in [2.45, 2.75) is 26.0 Å². The monoisotopic (exact) mass is 312 g/mol. The van der Waals surface area contributed by atoms with Crippen LogP contribution in [0.3, 0.4) is 0 Å². The summed E-state index contributed by atoms with van der Waals surface area (Å²) in [7, 11) is 0. The minimum absolute atomic E-state index is 0.524. The molecule has 1 N–H and O–H groups in total. The molecule has 2 aromatic rings. The Balaban J connectivity index is 1.63. The average Bonchev–Trinajstić information content (AvgIpc) is 2.81. The van der Waals surface area contributed by atoms with Crippen LogP contribution in [0.25, 0.3) is 0 Å². The van der Waals surface area contributed by atoms with Gasteiger partial charge in [-0.05, 0) is 37.1 Å². The number of anilines is 1. The van der Waals surface area contributed by atoms with E-state index in [0.29, 0.717) is 0 Å². The number of hydrogen-bond donors (Lipinski definition) is 1. The van der Waals surface area contributed by atoms with E-state index in [1.807, 2.05) is 36.7 Å². The molecule has 0 radical (unpaired) electrons. The summed E-state index contributed by atoms with van der Waals surface area (Å²) in [5, 5.41) is 9.71. The first kappa shape index (κ1) is 15.9. The van der Waals surface area contributed by atoms with Gasteiger partial charge in [-0.3, -0.25) is 9.88 Å². The topological polar surface area (TPSA) is 52.5 Å². The Hall–Kier alpha value is -1.98. The highest BCUT2D eigenvalue weighted by Gasteiger charge is 2.17. The summed E-state index contributed by atoms with van der Waals surface area (Å²) in [5.41, 5.74) is 1.99. The van der Waals surface area contributed by atoms with Crippen LogP contribution in [0.5, 0.6) is 0 Å². The third-order valence-electron chi connectivity index (χ3n) is 4.23. The minimum Gasteiger partial charge on any atom is -0.387 e. The van der Waals surface area contributed by atoms with E-state index in [-0.39, 0.29) is 0 Å². The molecule has 5 nitrogen and oxygen atoms in total. The second-order valence-corrected chi connectivity index (χ2v) is 6.07. The van der Waals surface area contributed by atoms with Crippen molar-refractivity contribution in [3.63, 3.8) is 0 Å². The van der Waals surface area contributed by atoms with E-state index < -0.39 is 6.10 Å². The highest BCUT2D eigenvalue weighted by molar-refractivity contribution is 5.39. The molecule has 5 heteroatoms. The molecule has 1 aliphatic rings. The van der Waals surface area contributed by atoms with Gasteiger partial charge in [-0.25, -0.2) is 4.98 Å². The van der Waals surface area contributed by atoms with Crippen LogP contribution in [-0.2, 0) is 6.54 Å². The van der Waals surface area contributed by atoms with Crippen LogP contribution in [0.15, 0.2) is 42.7 Å². The van der Waals surface area contributed by atoms with Gasteiger partial charge in [0, 0.05) is 45.1 Å². The molecule has 0 unspecified atom stereocenters. The van der Waals surface area contributed by atoms with Crippen LogP contribution >= 0.6 is 0 Å². The molecule has 3 heterocycles. The molecule has 23 heavy (non-hydrogen) atoms. The van der Waals surface area contributed by atoms with Crippen molar-refractivity contribution < 1.29 is 5.11 Å². The lowest BCUT2D eigenvalue weighted by Crippen LogP contribution is -2.31. The van der Waals surface area contributed by atoms with Crippen LogP contribution in [0.4, 0.5) is 5.82 Å². The molecule has 2 aromatic heterocycles. The van der Waals surface area contributed by atoms with E-state index in [1.165, 1.54) is 5.56 Å². The molecule has 1 saturated heterocycles. The number of rotatable bonds is 4. The summed E-state index contributed by atoms with van der Waals surface area (Å²) in [6, 6.07) is 10.0. The Labute approximate surface area is 137 Å². The third-order valence-corrected chi connectivity index (χ3v) is 4.23. The molecule has 1 fully saturated rings. The van der Waals surface area contributed by atoms with Gasteiger partial charge in [0.25, 0.3) is 0 Å². The van der Waals surface area contributed by atoms with Gasteiger partial charge in [0.2, 0.25) is 0 Å². The van der Waals surface area contributed by atoms with Gasteiger partial charge in [0.1, 0.15) is 5.82 Å². The molecule has 0 aromatic carbocycles. The van der Waals surface area contributed by atoms with Crippen molar-refractivity contribution in [3.8, 4) is 0 Å². The third kappa shape index (κ3) is 4.27. The van der Waals surface area contributed by atoms with E-state index in [2.05, 4.69) is 25.8 Å². The average molecular weight is 312 g/mol. The highest BCUT2D eigenvalue weighted by Crippen LogP contribution is 2.18. The second kappa shape index (κ2) is 7.53. The summed E-state index contributed by atoms with van der Waals surface area (Å²) in [6.45, 7) is 6.75. The number of aliphatic hydroxyl groups is 1. The molecule has 1 atom stereocenters. The van der Waals surface area contributed by atoms with Crippen LogP contribution in [0, 0.1) is 0 Å². The lowest BCUT2D eigenvalue weighted by molar-refractivity contribution is 0.194. The largest absolute Gasteiger partial charge is 0.387 e. The van der Waals surface area contributed by atoms with E-state index in [4.69, 9.17) is 0 Å². The van der Waals surface area contributed by atoms with Gasteiger partial charge in [0.15, 0.2) is 0 Å². The molecular formula is C18H24N4O. The zero-order chi connectivity index (χ0) is 16.1. The Morgan fingerprint density at radius 3 is 2.83 bits per heavy atom. The van der Waals surface area contributed by atoms with Gasteiger partial charge in [0.05, 0.1) is 11.8 Å². The first-order valence-corrected chi connectivity index (χ1v) is 8.23. The molecule has 0 aliphatic carbocycles. The molecule has 0 amide bonds. The lowest BCUT2D eigenvalue weighted by Gasteiger charge is -2.23. The number of aromatic nitrogens is 2. The minimum atomic E-state index is -0.524. The normalized spacial score (nSPS) is 17.7. The molecule has 0 bridgehead atoms. The van der Waals surface area contributed by atoms with Crippen LogP contribution in [-0.4, -0.2) is 46.2 Å². The van der Waals surface area contributed by atoms with Gasteiger partial charge in [-0.15, -0.1) is 0 Å². The van der Waals surface area contributed by atoms with E-state index in [1.54, 1.807) is 6.92 Å². The molecule has 1 aliphatic heterocycles. The van der Waals surface area contributed by atoms with Gasteiger partial charge >= 0.3 is 0 Å². The fraction of sp³-hybridized carbons (Fsp3) is 0.444. The maximum absolute atomic E-state index is 9.71. The zero-order valence-corrected chi connectivity index (χ0v) is 13.6. The maximum Gasteiger partial charge on any atom is 0.128 e. The van der Waals surface area contributed by atoms with E-state index >= 15 is 0 Å². The van der Waals surface area contributed by atoms with Gasteiger partial charge in [-0.1, -0.05) is 12.1 Å². The Bertz CT molecular complexity index is 617. The Kier molecular flexibility index (Phi) is 5.20. The second-order valence-electron chi connectivity index (χ2n) is 6.07. The highest BCUT2D eigenvalue weighted by atomic mass is 16.3. The molecule has 122 valence electrons. The predicted molar refractivity (Wildman–Crippen MR) is 91.2 cm³/mol. The van der Waals surface area contributed by atoms with Crippen molar-refractivity contribution >= 4 is 5.82 Å². The number of pyridine rings is 2. The van der Waals surface area contributed by atoms with Crippen molar-refractivity contribution in [2.75, 3.05) is 31.1 Å². The van der Waals surface area contributed by atoms with Crippen molar-refractivity contribution in [3.05, 3.63) is 54.0 Å². The summed E-state index contributed by atoms with van der Waals surface area (Å²) in [6.07, 6.45) is 4.34. The SMILES string of the molecule is C[C@@H](O)c1cccc(N2CCCN(Cc3cccnc3)CC2)n1. The molecule has 0 saturated carbocycles. The summed E-state index contributed by atoms with van der Waals surface area (Å²) >= 11 is 0. The number of hydrogen-bond acceptors (Lipinski definition) is 5. The smallest absolute Gasteiger partial charge is 0.128 e. The van der Waals surface area contributed by atoms with Gasteiger partial charge in [-0.2, -0.15) is 0 Å². The van der Waals surface area contributed by atoms with Crippen molar-refractivity contribution in [1.82, 2.24) is 14.9 Å². The van der Waals surface area contributed by atoms with Crippen molar-refractivity contribution in [1.29, 1.82) is 0 Å². The van der Waals surface area contributed by atoms with Crippen LogP contribution < -0.4 is 4.90 Å². The summed E-state index contributed by atoms with van der Waals surface area (Å²) in [4.78, 5) is 13.6.